The van der Waals surface area contributed by atoms with Crippen molar-refractivity contribution in [1.82, 2.24) is 4.98 Å². The van der Waals surface area contributed by atoms with Crippen molar-refractivity contribution in [2.45, 2.75) is 58.4 Å². The van der Waals surface area contributed by atoms with Crippen LogP contribution in [0.3, 0.4) is 0 Å². The topological polar surface area (TPSA) is 62.2 Å². The van der Waals surface area contributed by atoms with E-state index in [1.165, 1.54) is 25.7 Å². The molecule has 1 heterocycles. The summed E-state index contributed by atoms with van der Waals surface area (Å²) in [5.41, 5.74) is 1.07. The first-order valence-corrected chi connectivity index (χ1v) is 7.57. The highest BCUT2D eigenvalue weighted by molar-refractivity contribution is 5.94. The van der Waals surface area contributed by atoms with Gasteiger partial charge in [-0.25, -0.2) is 9.78 Å². The fourth-order valence-corrected chi connectivity index (χ4v) is 3.13. The average molecular weight is 276 g/mol. The number of carbonyl (C=O) groups is 1. The molecule has 2 rings (SSSR count). The molecule has 1 aliphatic carbocycles. The molecule has 1 aliphatic rings. The summed E-state index contributed by atoms with van der Waals surface area (Å²) in [5.74, 6) is 0.469. The van der Waals surface area contributed by atoms with Crippen LogP contribution in [0.1, 0.15) is 61.4 Å². The molecular formula is C16H24N2O2. The van der Waals surface area contributed by atoms with Crippen molar-refractivity contribution in [3.63, 3.8) is 0 Å². The third-order valence-electron chi connectivity index (χ3n) is 4.26. The molecule has 4 nitrogen and oxygen atoms in total. The van der Waals surface area contributed by atoms with Crippen molar-refractivity contribution in [3.05, 3.63) is 23.4 Å². The second kappa shape index (κ2) is 6.73. The van der Waals surface area contributed by atoms with E-state index in [0.717, 1.165) is 24.3 Å². The van der Waals surface area contributed by atoms with E-state index < -0.39 is 5.97 Å². The van der Waals surface area contributed by atoms with Crippen molar-refractivity contribution in [1.29, 1.82) is 0 Å². The van der Waals surface area contributed by atoms with Crippen LogP contribution in [-0.4, -0.2) is 22.1 Å². The molecule has 0 radical (unpaired) electrons. The molecule has 1 fully saturated rings. The summed E-state index contributed by atoms with van der Waals surface area (Å²) in [6.07, 6.45) is 8.94. The molecular weight excluding hydrogens is 252 g/mol. The zero-order valence-electron chi connectivity index (χ0n) is 12.4. The molecule has 0 spiro atoms. The molecule has 1 saturated carbocycles. The van der Waals surface area contributed by atoms with Gasteiger partial charge in [0.1, 0.15) is 11.4 Å². The van der Waals surface area contributed by atoms with Gasteiger partial charge < -0.3 is 10.4 Å². The van der Waals surface area contributed by atoms with Crippen molar-refractivity contribution in [3.8, 4) is 0 Å². The number of nitrogens with one attached hydrogen (secondary N) is 1. The summed E-state index contributed by atoms with van der Waals surface area (Å²) in [5, 5.41) is 12.7. The molecule has 0 saturated heterocycles. The highest BCUT2D eigenvalue weighted by Gasteiger charge is 2.23. The number of pyridine rings is 1. The van der Waals surface area contributed by atoms with Gasteiger partial charge >= 0.3 is 5.97 Å². The zero-order valence-corrected chi connectivity index (χ0v) is 12.4. The number of carboxylic acids is 1. The van der Waals surface area contributed by atoms with Crippen LogP contribution in [0.25, 0.3) is 0 Å². The van der Waals surface area contributed by atoms with Crippen molar-refractivity contribution >= 4 is 11.8 Å². The molecule has 0 aliphatic heterocycles. The number of nitrogens with zero attached hydrogens (tertiary/aromatic N) is 1. The highest BCUT2D eigenvalue weighted by Crippen LogP contribution is 2.30. The fourth-order valence-electron chi connectivity index (χ4n) is 3.13. The summed E-state index contributed by atoms with van der Waals surface area (Å²) in [4.78, 5) is 15.6. The van der Waals surface area contributed by atoms with Gasteiger partial charge in [0, 0.05) is 12.2 Å². The van der Waals surface area contributed by atoms with E-state index in [1.807, 2.05) is 6.92 Å². The van der Waals surface area contributed by atoms with E-state index in [-0.39, 0.29) is 0 Å². The Balaban J connectivity index is 2.01. The average Bonchev–Trinajstić information content (AvgIpc) is 2.41. The molecule has 2 N–H and O–H groups in total. The first-order chi connectivity index (χ1) is 9.61. The summed E-state index contributed by atoms with van der Waals surface area (Å²) >= 11 is 0. The lowest BCUT2D eigenvalue weighted by Crippen LogP contribution is -2.27. The molecule has 0 bridgehead atoms. The second-order valence-corrected chi connectivity index (χ2v) is 5.81. The first-order valence-electron chi connectivity index (χ1n) is 7.57. The maximum atomic E-state index is 11.3. The number of aryl methyl sites for hydroxylation is 1. The Hall–Kier alpha value is -1.58. The number of hydrogen-bond donors (Lipinski definition) is 2. The summed E-state index contributed by atoms with van der Waals surface area (Å²) < 4.78 is 0. The minimum Gasteiger partial charge on any atom is -0.478 e. The van der Waals surface area contributed by atoms with Gasteiger partial charge in [-0.3, -0.25) is 0 Å². The van der Waals surface area contributed by atoms with Crippen LogP contribution in [0.5, 0.6) is 0 Å². The maximum absolute atomic E-state index is 11.3. The standard InChI is InChI=1S/C16H24N2O2/c1-3-4-12-5-7-13(8-6-12)18-15-14(16(19)20)11(2)9-10-17-15/h9-10,12-13H,3-8H2,1-2H3,(H,17,18)(H,19,20). The Bertz CT molecular complexity index is 466. The predicted molar refractivity (Wildman–Crippen MR) is 80.2 cm³/mol. The number of carboxylic acid groups (broad SMARTS) is 1. The quantitative estimate of drug-likeness (QED) is 0.857. The molecule has 0 aromatic carbocycles. The predicted octanol–water partition coefficient (Wildman–Crippen LogP) is 3.86. The van der Waals surface area contributed by atoms with Crippen molar-refractivity contribution < 1.29 is 9.90 Å². The van der Waals surface area contributed by atoms with Crippen molar-refractivity contribution in [2.24, 2.45) is 5.92 Å². The first kappa shape index (κ1) is 14.8. The normalized spacial score (nSPS) is 22.5. The van der Waals surface area contributed by atoms with Gasteiger partial charge in [0.25, 0.3) is 0 Å². The molecule has 4 heteroatoms. The summed E-state index contributed by atoms with van der Waals surface area (Å²) in [7, 11) is 0. The fraction of sp³-hybridized carbons (Fsp3) is 0.625. The van der Waals surface area contributed by atoms with Crippen LogP contribution in [0.15, 0.2) is 12.3 Å². The lowest BCUT2D eigenvalue weighted by molar-refractivity contribution is 0.0696. The lowest BCUT2D eigenvalue weighted by atomic mass is 9.83. The Morgan fingerprint density at radius 1 is 1.40 bits per heavy atom. The SMILES string of the molecule is CCCC1CCC(Nc2nccc(C)c2C(=O)O)CC1. The molecule has 0 unspecified atom stereocenters. The molecule has 20 heavy (non-hydrogen) atoms. The smallest absolute Gasteiger partial charge is 0.339 e. The number of anilines is 1. The molecule has 1 aromatic heterocycles. The van der Waals surface area contributed by atoms with Gasteiger partial charge in [0.2, 0.25) is 0 Å². The van der Waals surface area contributed by atoms with E-state index in [1.54, 1.807) is 12.3 Å². The van der Waals surface area contributed by atoms with E-state index in [2.05, 4.69) is 17.2 Å². The largest absolute Gasteiger partial charge is 0.478 e. The van der Waals surface area contributed by atoms with Crippen LogP contribution >= 0.6 is 0 Å². The van der Waals surface area contributed by atoms with Gasteiger partial charge in [-0.15, -0.1) is 0 Å². The maximum Gasteiger partial charge on any atom is 0.339 e. The molecule has 0 atom stereocenters. The van der Waals surface area contributed by atoms with E-state index in [9.17, 15) is 9.90 Å². The van der Waals surface area contributed by atoms with Crippen LogP contribution < -0.4 is 5.32 Å². The summed E-state index contributed by atoms with van der Waals surface area (Å²) in [6, 6.07) is 2.10. The van der Waals surface area contributed by atoms with Gasteiger partial charge in [-0.2, -0.15) is 0 Å². The number of aromatic nitrogens is 1. The number of hydrogen-bond acceptors (Lipinski definition) is 3. The Kier molecular flexibility index (Phi) is 4.99. The minimum absolute atomic E-state index is 0.309. The van der Waals surface area contributed by atoms with Gasteiger partial charge in [0.15, 0.2) is 0 Å². The Labute approximate surface area is 120 Å². The summed E-state index contributed by atoms with van der Waals surface area (Å²) in [6.45, 7) is 4.05. The number of rotatable bonds is 5. The van der Waals surface area contributed by atoms with Gasteiger partial charge in [0.05, 0.1) is 0 Å². The van der Waals surface area contributed by atoms with Gasteiger partial charge in [-0.1, -0.05) is 19.8 Å². The van der Waals surface area contributed by atoms with E-state index in [4.69, 9.17) is 0 Å². The Morgan fingerprint density at radius 2 is 2.10 bits per heavy atom. The Morgan fingerprint density at radius 3 is 2.70 bits per heavy atom. The van der Waals surface area contributed by atoms with Crippen LogP contribution in [0.4, 0.5) is 5.82 Å². The highest BCUT2D eigenvalue weighted by atomic mass is 16.4. The second-order valence-electron chi connectivity index (χ2n) is 5.81. The van der Waals surface area contributed by atoms with E-state index in [0.29, 0.717) is 17.4 Å². The van der Waals surface area contributed by atoms with Crippen LogP contribution in [0.2, 0.25) is 0 Å². The zero-order chi connectivity index (χ0) is 14.5. The molecule has 110 valence electrons. The van der Waals surface area contributed by atoms with Crippen LogP contribution in [0, 0.1) is 12.8 Å². The monoisotopic (exact) mass is 276 g/mol. The third kappa shape index (κ3) is 3.50. The third-order valence-corrected chi connectivity index (χ3v) is 4.26. The van der Waals surface area contributed by atoms with Crippen molar-refractivity contribution in [2.75, 3.05) is 5.32 Å². The number of aromatic carboxylic acids is 1. The minimum atomic E-state index is -0.905. The molecule has 1 aromatic rings. The molecule has 0 amide bonds. The van der Waals surface area contributed by atoms with Crippen LogP contribution in [-0.2, 0) is 0 Å². The van der Waals surface area contributed by atoms with Gasteiger partial charge in [-0.05, 0) is 50.2 Å². The van der Waals surface area contributed by atoms with E-state index >= 15 is 0 Å². The lowest BCUT2D eigenvalue weighted by Gasteiger charge is -2.29.